The number of thiophene rings is 1. The van der Waals surface area contributed by atoms with E-state index in [9.17, 15) is 0 Å². The summed E-state index contributed by atoms with van der Waals surface area (Å²) in [7, 11) is 0. The SMILES string of the molecule is Cc1ccc2nc(-c3cccs3)cn2c1. The Morgan fingerprint density at radius 3 is 2.93 bits per heavy atom. The average molecular weight is 214 g/mol. The van der Waals surface area contributed by atoms with Crippen LogP contribution in [-0.2, 0) is 0 Å². The van der Waals surface area contributed by atoms with E-state index < -0.39 is 0 Å². The van der Waals surface area contributed by atoms with E-state index in [1.54, 1.807) is 11.3 Å². The molecule has 2 nitrogen and oxygen atoms in total. The highest BCUT2D eigenvalue weighted by molar-refractivity contribution is 7.13. The highest BCUT2D eigenvalue weighted by Crippen LogP contribution is 2.23. The predicted molar refractivity (Wildman–Crippen MR) is 63.2 cm³/mol. The zero-order chi connectivity index (χ0) is 10.3. The monoisotopic (exact) mass is 214 g/mol. The number of aryl methyl sites for hydroxylation is 1. The third-order valence-corrected chi connectivity index (χ3v) is 3.26. The van der Waals surface area contributed by atoms with Crippen molar-refractivity contribution in [2.45, 2.75) is 6.92 Å². The van der Waals surface area contributed by atoms with Crippen molar-refractivity contribution in [1.82, 2.24) is 9.38 Å². The molecule has 3 aromatic heterocycles. The number of hydrogen-bond acceptors (Lipinski definition) is 2. The lowest BCUT2D eigenvalue weighted by Gasteiger charge is -1.92. The molecule has 15 heavy (non-hydrogen) atoms. The molecule has 0 aromatic carbocycles. The largest absolute Gasteiger partial charge is 0.306 e. The molecule has 0 radical (unpaired) electrons. The van der Waals surface area contributed by atoms with Crippen LogP contribution in [0.2, 0.25) is 0 Å². The Balaban J connectivity index is 2.22. The Labute approximate surface area is 91.8 Å². The van der Waals surface area contributed by atoms with E-state index in [2.05, 4.69) is 52.3 Å². The van der Waals surface area contributed by atoms with Gasteiger partial charge in [-0.05, 0) is 30.0 Å². The molecule has 0 saturated heterocycles. The van der Waals surface area contributed by atoms with Crippen molar-refractivity contribution in [1.29, 1.82) is 0 Å². The highest BCUT2D eigenvalue weighted by atomic mass is 32.1. The van der Waals surface area contributed by atoms with E-state index in [0.29, 0.717) is 0 Å². The van der Waals surface area contributed by atoms with Crippen LogP contribution < -0.4 is 0 Å². The molecule has 3 aromatic rings. The molecule has 3 heterocycles. The van der Waals surface area contributed by atoms with Gasteiger partial charge in [0.2, 0.25) is 0 Å². The maximum Gasteiger partial charge on any atom is 0.137 e. The minimum absolute atomic E-state index is 1.00. The first-order chi connectivity index (χ1) is 7.33. The second-order valence-electron chi connectivity index (χ2n) is 3.58. The van der Waals surface area contributed by atoms with Gasteiger partial charge in [0.25, 0.3) is 0 Å². The fourth-order valence-electron chi connectivity index (χ4n) is 1.65. The van der Waals surface area contributed by atoms with Gasteiger partial charge < -0.3 is 4.40 Å². The van der Waals surface area contributed by atoms with Crippen LogP contribution in [0.25, 0.3) is 16.2 Å². The third kappa shape index (κ3) is 1.45. The van der Waals surface area contributed by atoms with Crippen molar-refractivity contribution in [3.8, 4) is 10.6 Å². The van der Waals surface area contributed by atoms with Gasteiger partial charge >= 0.3 is 0 Å². The molecule has 0 unspecified atom stereocenters. The van der Waals surface area contributed by atoms with Crippen LogP contribution in [0.5, 0.6) is 0 Å². The van der Waals surface area contributed by atoms with Gasteiger partial charge in [0.05, 0.1) is 10.6 Å². The molecule has 0 spiro atoms. The summed E-state index contributed by atoms with van der Waals surface area (Å²) >= 11 is 1.72. The Bertz CT molecular complexity index is 593. The minimum Gasteiger partial charge on any atom is -0.306 e. The summed E-state index contributed by atoms with van der Waals surface area (Å²) in [5.41, 5.74) is 3.30. The number of rotatable bonds is 1. The van der Waals surface area contributed by atoms with Gasteiger partial charge in [0.15, 0.2) is 0 Å². The van der Waals surface area contributed by atoms with Gasteiger partial charge in [0, 0.05) is 12.4 Å². The maximum absolute atomic E-state index is 4.57. The topological polar surface area (TPSA) is 17.3 Å². The van der Waals surface area contributed by atoms with Gasteiger partial charge in [0.1, 0.15) is 5.65 Å². The molecule has 0 aliphatic carbocycles. The number of aromatic nitrogens is 2. The molecular weight excluding hydrogens is 204 g/mol. The van der Waals surface area contributed by atoms with Gasteiger partial charge in [-0.2, -0.15) is 0 Å². The summed E-state index contributed by atoms with van der Waals surface area (Å²) in [4.78, 5) is 5.79. The van der Waals surface area contributed by atoms with Crippen LogP contribution >= 0.6 is 11.3 Å². The molecule has 0 amide bonds. The number of imidazole rings is 1. The van der Waals surface area contributed by atoms with Crippen LogP contribution in [0.3, 0.4) is 0 Å². The zero-order valence-corrected chi connectivity index (χ0v) is 9.16. The van der Waals surface area contributed by atoms with Crippen molar-refractivity contribution in [2.75, 3.05) is 0 Å². The average Bonchev–Trinajstić information content (AvgIpc) is 2.84. The zero-order valence-electron chi connectivity index (χ0n) is 8.34. The molecule has 3 rings (SSSR count). The summed E-state index contributed by atoms with van der Waals surface area (Å²) in [6.45, 7) is 2.09. The quantitative estimate of drug-likeness (QED) is 0.607. The molecule has 0 aliphatic rings. The molecule has 0 saturated carbocycles. The molecule has 0 aliphatic heterocycles. The minimum atomic E-state index is 1.00. The first-order valence-electron chi connectivity index (χ1n) is 4.82. The van der Waals surface area contributed by atoms with Crippen LogP contribution in [0.4, 0.5) is 0 Å². The van der Waals surface area contributed by atoms with Crippen LogP contribution in [0, 0.1) is 6.92 Å². The second kappa shape index (κ2) is 3.21. The first-order valence-corrected chi connectivity index (χ1v) is 5.70. The van der Waals surface area contributed by atoms with Gasteiger partial charge in [-0.15, -0.1) is 11.3 Å². The molecule has 0 N–H and O–H groups in total. The molecule has 3 heteroatoms. The molecular formula is C12H10N2S. The standard InChI is InChI=1S/C12H10N2S/c1-9-4-5-12-13-10(8-14(12)7-9)11-3-2-6-15-11/h2-8H,1H3. The number of nitrogens with zero attached hydrogens (tertiary/aromatic N) is 2. The molecule has 0 fully saturated rings. The number of hydrogen-bond donors (Lipinski definition) is 0. The second-order valence-corrected chi connectivity index (χ2v) is 4.52. The highest BCUT2D eigenvalue weighted by Gasteiger charge is 2.04. The smallest absolute Gasteiger partial charge is 0.137 e. The Morgan fingerprint density at radius 1 is 1.20 bits per heavy atom. The van der Waals surface area contributed by atoms with Crippen LogP contribution in [0.1, 0.15) is 5.56 Å². The maximum atomic E-state index is 4.57. The van der Waals surface area contributed by atoms with Crippen molar-refractivity contribution in [2.24, 2.45) is 0 Å². The lowest BCUT2D eigenvalue weighted by atomic mass is 10.3. The lowest BCUT2D eigenvalue weighted by Crippen LogP contribution is -1.82. The van der Waals surface area contributed by atoms with E-state index in [-0.39, 0.29) is 0 Å². The van der Waals surface area contributed by atoms with Crippen LogP contribution in [-0.4, -0.2) is 9.38 Å². The summed E-state index contributed by atoms with van der Waals surface area (Å²) in [6, 6.07) is 8.28. The normalized spacial score (nSPS) is 11.0. The van der Waals surface area contributed by atoms with E-state index in [1.807, 2.05) is 6.07 Å². The van der Waals surface area contributed by atoms with Crippen molar-refractivity contribution in [3.63, 3.8) is 0 Å². The van der Waals surface area contributed by atoms with E-state index in [0.717, 1.165) is 11.3 Å². The van der Waals surface area contributed by atoms with Crippen molar-refractivity contribution in [3.05, 3.63) is 47.6 Å². The lowest BCUT2D eigenvalue weighted by molar-refractivity contribution is 1.16. The van der Waals surface area contributed by atoms with E-state index in [1.165, 1.54) is 10.4 Å². The Kier molecular flexibility index (Phi) is 1.86. The summed E-state index contributed by atoms with van der Waals surface area (Å²) < 4.78 is 2.07. The summed E-state index contributed by atoms with van der Waals surface area (Å²) in [5.74, 6) is 0. The molecule has 0 atom stereocenters. The molecule has 74 valence electrons. The predicted octanol–water partition coefficient (Wildman–Crippen LogP) is 3.37. The van der Waals surface area contributed by atoms with E-state index in [4.69, 9.17) is 0 Å². The van der Waals surface area contributed by atoms with E-state index >= 15 is 0 Å². The molecule has 0 bridgehead atoms. The fourth-order valence-corrected chi connectivity index (χ4v) is 2.33. The van der Waals surface area contributed by atoms with Crippen molar-refractivity contribution >= 4 is 17.0 Å². The Hall–Kier alpha value is -1.61. The van der Waals surface area contributed by atoms with Gasteiger partial charge in [-0.3, -0.25) is 0 Å². The number of pyridine rings is 1. The summed E-state index contributed by atoms with van der Waals surface area (Å²) in [5, 5.41) is 2.07. The van der Waals surface area contributed by atoms with Gasteiger partial charge in [-0.25, -0.2) is 4.98 Å². The third-order valence-electron chi connectivity index (χ3n) is 2.37. The van der Waals surface area contributed by atoms with Gasteiger partial charge in [-0.1, -0.05) is 12.1 Å². The summed E-state index contributed by atoms with van der Waals surface area (Å²) in [6.07, 6.45) is 4.17. The first kappa shape index (κ1) is 8.68. The van der Waals surface area contributed by atoms with Crippen molar-refractivity contribution < 1.29 is 0 Å². The van der Waals surface area contributed by atoms with Crippen LogP contribution in [0.15, 0.2) is 42.0 Å². The fraction of sp³-hybridized carbons (Fsp3) is 0.0833. The number of fused-ring (bicyclic) bond motifs is 1. The Morgan fingerprint density at radius 2 is 2.13 bits per heavy atom.